The smallest absolute Gasteiger partial charge is 0.264 e. The number of likely N-dealkylation sites (N-methyl/N-ethyl adjacent to an activating group) is 1. The van der Waals surface area contributed by atoms with Gasteiger partial charge in [0.15, 0.2) is 6.61 Å². The van der Waals surface area contributed by atoms with Gasteiger partial charge >= 0.3 is 0 Å². The number of aryl methyl sites for hydroxylation is 1. The van der Waals surface area contributed by atoms with Crippen LogP contribution in [0.25, 0.3) is 11.0 Å². The summed E-state index contributed by atoms with van der Waals surface area (Å²) < 4.78 is 7.68. The summed E-state index contributed by atoms with van der Waals surface area (Å²) in [5.74, 6) is 0.286. The summed E-state index contributed by atoms with van der Waals surface area (Å²) in [4.78, 5) is 50.6. The number of amides is 3. The number of rotatable bonds is 4. The Morgan fingerprint density at radius 1 is 1.25 bits per heavy atom. The molecule has 1 aromatic carbocycles. The first kappa shape index (κ1) is 23.5. The van der Waals surface area contributed by atoms with Crippen LogP contribution < -0.4 is 15.0 Å². The van der Waals surface area contributed by atoms with Crippen LogP contribution in [0, 0.1) is 6.92 Å². The quantitative estimate of drug-likeness (QED) is 0.565. The molecule has 3 aromatic rings. The van der Waals surface area contributed by atoms with Gasteiger partial charge in [0.1, 0.15) is 11.4 Å². The third-order valence-electron chi connectivity index (χ3n) is 6.73. The number of likely N-dealkylation sites (tertiary alicyclic amines) is 1. The predicted octanol–water partition coefficient (Wildman–Crippen LogP) is 3.09. The number of aromatic nitrogens is 3. The van der Waals surface area contributed by atoms with Gasteiger partial charge in [-0.05, 0) is 56.5 Å². The van der Waals surface area contributed by atoms with Crippen molar-refractivity contribution in [2.45, 2.75) is 32.2 Å². The molecule has 2 aliphatic rings. The van der Waals surface area contributed by atoms with E-state index in [-0.39, 0.29) is 30.4 Å². The van der Waals surface area contributed by atoms with Gasteiger partial charge in [0, 0.05) is 37.6 Å². The van der Waals surface area contributed by atoms with Crippen molar-refractivity contribution in [1.82, 2.24) is 19.4 Å². The van der Waals surface area contributed by atoms with Gasteiger partial charge in [-0.15, -0.1) is 0 Å². The van der Waals surface area contributed by atoms with Crippen molar-refractivity contribution in [3.05, 3.63) is 54.4 Å². The van der Waals surface area contributed by atoms with E-state index >= 15 is 0 Å². The van der Waals surface area contributed by atoms with Crippen LogP contribution in [-0.4, -0.2) is 63.9 Å². The third-order valence-corrected chi connectivity index (χ3v) is 6.73. The predicted molar refractivity (Wildman–Crippen MR) is 135 cm³/mol. The molecule has 1 saturated heterocycles. The highest BCUT2D eigenvalue weighted by atomic mass is 16.5. The summed E-state index contributed by atoms with van der Waals surface area (Å²) in [5.41, 5.74) is 3.09. The summed E-state index contributed by atoms with van der Waals surface area (Å²) in [7, 11) is 1.71. The highest BCUT2D eigenvalue weighted by Crippen LogP contribution is 2.42. The van der Waals surface area contributed by atoms with Gasteiger partial charge in [0.05, 0.1) is 17.1 Å². The molecular formula is C26H28N6O4. The molecule has 3 amide bonds. The summed E-state index contributed by atoms with van der Waals surface area (Å²) >= 11 is 0. The Hall–Kier alpha value is -4.21. The minimum atomic E-state index is -0.320. The minimum Gasteiger partial charge on any atom is -0.481 e. The molecule has 186 valence electrons. The number of hydrogen-bond acceptors (Lipinski definition) is 6. The third kappa shape index (κ3) is 4.19. The van der Waals surface area contributed by atoms with Gasteiger partial charge in [-0.2, -0.15) is 0 Å². The molecule has 2 aromatic heterocycles. The maximum absolute atomic E-state index is 13.2. The van der Waals surface area contributed by atoms with E-state index in [2.05, 4.69) is 16.9 Å². The lowest BCUT2D eigenvalue weighted by atomic mass is 10.1. The number of hydrogen-bond donors (Lipinski definition) is 1. The van der Waals surface area contributed by atoms with E-state index in [0.29, 0.717) is 47.1 Å². The number of nitrogens with one attached hydrogen (secondary N) is 1. The second-order valence-corrected chi connectivity index (χ2v) is 9.10. The Kier molecular flexibility index (Phi) is 6.17. The SMILES string of the molecule is C=CC(=O)N1CCCC[C@@H](n2c(NC(=O)c3ccnc(C)c3)nc3ccc4c(c32)N(C)C(=O)CO4)C1. The monoisotopic (exact) mass is 488 g/mol. The maximum Gasteiger partial charge on any atom is 0.264 e. The van der Waals surface area contributed by atoms with Gasteiger partial charge in [-0.25, -0.2) is 4.98 Å². The van der Waals surface area contributed by atoms with E-state index in [1.165, 1.54) is 6.08 Å². The lowest BCUT2D eigenvalue weighted by Gasteiger charge is -2.30. The number of anilines is 2. The molecular weight excluding hydrogens is 460 g/mol. The van der Waals surface area contributed by atoms with Crippen molar-refractivity contribution in [3.63, 3.8) is 0 Å². The van der Waals surface area contributed by atoms with Gasteiger partial charge < -0.3 is 19.1 Å². The van der Waals surface area contributed by atoms with E-state index in [1.54, 1.807) is 41.2 Å². The Morgan fingerprint density at radius 2 is 2.08 bits per heavy atom. The molecule has 10 heteroatoms. The van der Waals surface area contributed by atoms with E-state index in [0.717, 1.165) is 25.0 Å². The Balaban J connectivity index is 1.66. The summed E-state index contributed by atoms with van der Waals surface area (Å²) in [6, 6.07) is 6.78. The maximum atomic E-state index is 13.2. The van der Waals surface area contributed by atoms with Gasteiger partial charge in [0.2, 0.25) is 11.9 Å². The van der Waals surface area contributed by atoms with Gasteiger partial charge in [-0.3, -0.25) is 24.7 Å². The molecule has 0 bridgehead atoms. The fraction of sp³-hybridized carbons (Fsp3) is 0.346. The normalized spacial score (nSPS) is 17.8. The highest BCUT2D eigenvalue weighted by Gasteiger charge is 2.32. The molecule has 10 nitrogen and oxygen atoms in total. The average Bonchev–Trinajstić information content (AvgIpc) is 3.06. The lowest BCUT2D eigenvalue weighted by Crippen LogP contribution is -2.37. The second kappa shape index (κ2) is 9.44. The molecule has 0 spiro atoms. The van der Waals surface area contributed by atoms with Crippen molar-refractivity contribution in [2.75, 3.05) is 37.0 Å². The molecule has 36 heavy (non-hydrogen) atoms. The van der Waals surface area contributed by atoms with Crippen molar-refractivity contribution < 1.29 is 19.1 Å². The largest absolute Gasteiger partial charge is 0.481 e. The van der Waals surface area contributed by atoms with Crippen LogP contribution in [0.2, 0.25) is 0 Å². The zero-order valence-electron chi connectivity index (χ0n) is 20.4. The van der Waals surface area contributed by atoms with E-state index in [4.69, 9.17) is 9.72 Å². The zero-order valence-corrected chi connectivity index (χ0v) is 20.4. The van der Waals surface area contributed by atoms with Crippen molar-refractivity contribution in [1.29, 1.82) is 0 Å². The fourth-order valence-corrected chi connectivity index (χ4v) is 4.92. The number of imidazole rings is 1. The number of nitrogens with zero attached hydrogens (tertiary/aromatic N) is 5. The van der Waals surface area contributed by atoms with Crippen LogP contribution in [0.3, 0.4) is 0 Å². The molecule has 0 saturated carbocycles. The summed E-state index contributed by atoms with van der Waals surface area (Å²) in [6.45, 7) is 6.48. The van der Waals surface area contributed by atoms with Crippen LogP contribution in [0.1, 0.15) is 41.4 Å². The van der Waals surface area contributed by atoms with E-state index in [1.807, 2.05) is 17.6 Å². The van der Waals surface area contributed by atoms with Crippen LogP contribution in [0.4, 0.5) is 11.6 Å². The van der Waals surface area contributed by atoms with Crippen molar-refractivity contribution >= 4 is 40.4 Å². The molecule has 1 fully saturated rings. The van der Waals surface area contributed by atoms with Gasteiger partial charge in [-0.1, -0.05) is 6.58 Å². The zero-order chi connectivity index (χ0) is 25.4. The number of ether oxygens (including phenoxy) is 1. The van der Waals surface area contributed by atoms with Crippen molar-refractivity contribution in [2.24, 2.45) is 0 Å². The molecule has 1 atom stereocenters. The average molecular weight is 489 g/mol. The second-order valence-electron chi connectivity index (χ2n) is 9.10. The number of carbonyl (C=O) groups is 3. The first-order valence-electron chi connectivity index (χ1n) is 12.0. The molecule has 0 radical (unpaired) electrons. The lowest BCUT2D eigenvalue weighted by molar-refractivity contribution is -0.126. The Labute approximate surface area is 208 Å². The molecule has 1 N–H and O–H groups in total. The van der Waals surface area contributed by atoms with Crippen molar-refractivity contribution in [3.8, 4) is 5.75 Å². The van der Waals surface area contributed by atoms with Gasteiger partial charge in [0.25, 0.3) is 11.8 Å². The summed E-state index contributed by atoms with van der Waals surface area (Å²) in [5, 5.41) is 2.97. The molecule has 0 unspecified atom stereocenters. The molecule has 0 aliphatic carbocycles. The Morgan fingerprint density at radius 3 is 2.86 bits per heavy atom. The Bertz CT molecular complexity index is 1380. The number of benzene rings is 1. The number of carbonyl (C=O) groups excluding carboxylic acids is 3. The standard InChI is InChI=1S/C26H28N6O4/c1-4-21(33)31-12-6-5-7-18(14-31)32-23-19(8-9-20-24(23)30(3)22(34)15-36-20)28-26(32)29-25(35)17-10-11-27-16(2)13-17/h4,8-11,13,18H,1,5-7,12,14-15H2,2-3H3,(H,28,29,35)/t18-/m1/s1. The number of pyridine rings is 1. The highest BCUT2D eigenvalue weighted by molar-refractivity contribution is 6.08. The molecule has 4 heterocycles. The van der Waals surface area contributed by atoms with E-state index < -0.39 is 0 Å². The van der Waals surface area contributed by atoms with Crippen LogP contribution >= 0.6 is 0 Å². The van der Waals surface area contributed by atoms with Crippen LogP contribution in [0.5, 0.6) is 5.75 Å². The molecule has 5 rings (SSSR count). The number of fused-ring (bicyclic) bond motifs is 3. The van der Waals surface area contributed by atoms with E-state index in [9.17, 15) is 14.4 Å². The first-order chi connectivity index (χ1) is 17.4. The minimum absolute atomic E-state index is 0.0425. The molecule has 2 aliphatic heterocycles. The van der Waals surface area contributed by atoms with Crippen LogP contribution in [-0.2, 0) is 9.59 Å². The van der Waals surface area contributed by atoms with Crippen LogP contribution in [0.15, 0.2) is 43.1 Å². The first-order valence-corrected chi connectivity index (χ1v) is 12.0. The fourth-order valence-electron chi connectivity index (χ4n) is 4.92. The summed E-state index contributed by atoms with van der Waals surface area (Å²) in [6.07, 6.45) is 5.44. The topological polar surface area (TPSA) is 110 Å².